The van der Waals surface area contributed by atoms with Gasteiger partial charge in [0.05, 0.1) is 17.3 Å². The summed E-state index contributed by atoms with van der Waals surface area (Å²) in [6.07, 6.45) is 0. The summed E-state index contributed by atoms with van der Waals surface area (Å²) in [7, 11) is 0. The molecule has 0 atom stereocenters. The molecule has 2 amide bonds. The third-order valence-electron chi connectivity index (χ3n) is 4.38. The highest BCUT2D eigenvalue weighted by atomic mass is 35.5. The molecule has 0 saturated carbocycles. The van der Waals surface area contributed by atoms with Crippen LogP contribution in [0.1, 0.15) is 38.8 Å². The topological polar surface area (TPSA) is 67.4 Å². The van der Waals surface area contributed by atoms with Crippen LogP contribution in [0.3, 0.4) is 0 Å². The highest BCUT2D eigenvalue weighted by molar-refractivity contribution is 6.34. The molecule has 3 aromatic rings. The minimum Gasteiger partial charge on any atom is -0.494 e. The summed E-state index contributed by atoms with van der Waals surface area (Å²) in [4.78, 5) is 25.2. The predicted molar refractivity (Wildman–Crippen MR) is 121 cm³/mol. The van der Waals surface area contributed by atoms with Crippen molar-refractivity contribution < 1.29 is 14.3 Å². The molecule has 0 saturated heterocycles. The lowest BCUT2D eigenvalue weighted by Gasteiger charge is -2.11. The van der Waals surface area contributed by atoms with Crippen molar-refractivity contribution in [2.75, 3.05) is 17.2 Å². The number of benzene rings is 3. The standard InChI is InChI=1S/C24H23ClN2O3/c1-4-30-20-8-5-17(6-9-20)23(28)27-22-14-18(7-10-21(22)25)24(29)26-19-12-15(2)11-16(3)13-19/h5-14H,4H2,1-3H3,(H,26,29)(H,27,28). The van der Waals surface area contributed by atoms with Crippen LogP contribution in [-0.4, -0.2) is 18.4 Å². The molecule has 0 bridgehead atoms. The van der Waals surface area contributed by atoms with Crippen LogP contribution in [-0.2, 0) is 0 Å². The van der Waals surface area contributed by atoms with Crippen molar-refractivity contribution in [2.24, 2.45) is 0 Å². The molecule has 154 valence electrons. The van der Waals surface area contributed by atoms with Crippen molar-refractivity contribution in [1.82, 2.24) is 0 Å². The van der Waals surface area contributed by atoms with E-state index >= 15 is 0 Å². The van der Waals surface area contributed by atoms with E-state index in [1.807, 2.05) is 39.0 Å². The van der Waals surface area contributed by atoms with Gasteiger partial charge in [0, 0.05) is 16.8 Å². The predicted octanol–water partition coefficient (Wildman–Crippen LogP) is 5.86. The van der Waals surface area contributed by atoms with E-state index in [9.17, 15) is 9.59 Å². The average molecular weight is 423 g/mol. The first-order chi connectivity index (χ1) is 14.4. The summed E-state index contributed by atoms with van der Waals surface area (Å²) in [5.74, 6) is 0.0807. The molecule has 0 fully saturated rings. The Morgan fingerprint density at radius 3 is 2.07 bits per heavy atom. The molecule has 0 unspecified atom stereocenters. The number of carbonyl (C=O) groups is 2. The molecule has 0 aliphatic rings. The Kier molecular flexibility index (Phi) is 6.75. The second-order valence-electron chi connectivity index (χ2n) is 6.94. The van der Waals surface area contributed by atoms with Crippen molar-refractivity contribution in [2.45, 2.75) is 20.8 Å². The fourth-order valence-electron chi connectivity index (χ4n) is 3.08. The normalized spacial score (nSPS) is 10.4. The monoisotopic (exact) mass is 422 g/mol. The molecular weight excluding hydrogens is 400 g/mol. The van der Waals surface area contributed by atoms with E-state index in [2.05, 4.69) is 10.6 Å². The van der Waals surface area contributed by atoms with E-state index < -0.39 is 0 Å². The minimum atomic E-state index is -0.327. The van der Waals surface area contributed by atoms with Gasteiger partial charge in [-0.2, -0.15) is 0 Å². The van der Waals surface area contributed by atoms with Crippen molar-refractivity contribution in [1.29, 1.82) is 0 Å². The molecule has 0 aromatic heterocycles. The number of hydrogen-bond donors (Lipinski definition) is 2. The second-order valence-corrected chi connectivity index (χ2v) is 7.34. The molecule has 0 aliphatic heterocycles. The zero-order valence-electron chi connectivity index (χ0n) is 17.1. The van der Waals surface area contributed by atoms with Crippen molar-refractivity contribution in [3.63, 3.8) is 0 Å². The van der Waals surface area contributed by atoms with Gasteiger partial charge < -0.3 is 15.4 Å². The Morgan fingerprint density at radius 2 is 1.43 bits per heavy atom. The van der Waals surface area contributed by atoms with Gasteiger partial charge in [-0.1, -0.05) is 17.7 Å². The molecule has 30 heavy (non-hydrogen) atoms. The summed E-state index contributed by atoms with van der Waals surface area (Å²) >= 11 is 6.23. The smallest absolute Gasteiger partial charge is 0.255 e. The maximum absolute atomic E-state index is 12.7. The summed E-state index contributed by atoms with van der Waals surface area (Å²) < 4.78 is 5.39. The molecule has 0 aliphatic carbocycles. The molecule has 2 N–H and O–H groups in total. The first-order valence-electron chi connectivity index (χ1n) is 9.59. The zero-order valence-corrected chi connectivity index (χ0v) is 17.8. The van der Waals surface area contributed by atoms with E-state index in [1.165, 1.54) is 0 Å². The van der Waals surface area contributed by atoms with Gasteiger partial charge in [-0.3, -0.25) is 9.59 Å². The van der Waals surface area contributed by atoms with Gasteiger partial charge in [0.2, 0.25) is 0 Å². The Hall–Kier alpha value is -3.31. The first-order valence-corrected chi connectivity index (χ1v) is 9.97. The number of halogens is 1. The fraction of sp³-hybridized carbons (Fsp3) is 0.167. The van der Waals surface area contributed by atoms with E-state index in [-0.39, 0.29) is 11.8 Å². The second kappa shape index (κ2) is 9.46. The van der Waals surface area contributed by atoms with Gasteiger partial charge in [-0.15, -0.1) is 0 Å². The van der Waals surface area contributed by atoms with Crippen LogP contribution in [0.4, 0.5) is 11.4 Å². The number of ether oxygens (including phenoxy) is 1. The number of hydrogen-bond acceptors (Lipinski definition) is 3. The largest absolute Gasteiger partial charge is 0.494 e. The van der Waals surface area contributed by atoms with Crippen LogP contribution >= 0.6 is 11.6 Å². The lowest BCUT2D eigenvalue weighted by atomic mass is 10.1. The highest BCUT2D eigenvalue weighted by Gasteiger charge is 2.13. The van der Waals surface area contributed by atoms with Crippen LogP contribution in [0.15, 0.2) is 60.7 Å². The van der Waals surface area contributed by atoms with Crippen LogP contribution < -0.4 is 15.4 Å². The van der Waals surface area contributed by atoms with Crippen LogP contribution in [0, 0.1) is 13.8 Å². The van der Waals surface area contributed by atoms with Crippen molar-refractivity contribution >= 4 is 34.8 Å². The molecule has 0 radical (unpaired) electrons. The molecule has 6 heteroatoms. The molecule has 0 heterocycles. The number of aryl methyl sites for hydroxylation is 2. The Balaban J connectivity index is 1.75. The summed E-state index contributed by atoms with van der Waals surface area (Å²) in [5, 5.41) is 5.99. The minimum absolute atomic E-state index is 0.284. The number of amides is 2. The lowest BCUT2D eigenvalue weighted by molar-refractivity contribution is 0.101. The van der Waals surface area contributed by atoms with E-state index in [1.54, 1.807) is 42.5 Å². The number of rotatable bonds is 6. The van der Waals surface area contributed by atoms with Crippen molar-refractivity contribution in [3.05, 3.63) is 87.9 Å². The Labute approximate surface area is 181 Å². The SMILES string of the molecule is CCOc1ccc(C(=O)Nc2cc(C(=O)Nc3cc(C)cc(C)c3)ccc2Cl)cc1. The Bertz CT molecular complexity index is 1060. The van der Waals surface area contributed by atoms with E-state index in [0.29, 0.717) is 39.9 Å². The van der Waals surface area contributed by atoms with Gasteiger partial charge in [-0.05, 0) is 86.5 Å². The third kappa shape index (κ3) is 5.39. The molecule has 3 aromatic carbocycles. The van der Waals surface area contributed by atoms with Gasteiger partial charge in [0.25, 0.3) is 11.8 Å². The van der Waals surface area contributed by atoms with Crippen LogP contribution in [0.2, 0.25) is 5.02 Å². The summed E-state index contributed by atoms with van der Waals surface area (Å²) in [5.41, 5.74) is 4.05. The molecule has 5 nitrogen and oxygen atoms in total. The molecule has 3 rings (SSSR count). The molecular formula is C24H23ClN2O3. The number of nitrogens with one attached hydrogen (secondary N) is 2. The highest BCUT2D eigenvalue weighted by Crippen LogP contribution is 2.25. The van der Waals surface area contributed by atoms with Crippen LogP contribution in [0.5, 0.6) is 5.75 Å². The summed E-state index contributed by atoms with van der Waals surface area (Å²) in [6.45, 7) is 6.39. The first kappa shape index (κ1) is 21.4. The van der Waals surface area contributed by atoms with E-state index in [4.69, 9.17) is 16.3 Å². The van der Waals surface area contributed by atoms with Gasteiger partial charge in [0.15, 0.2) is 0 Å². The number of anilines is 2. The molecule has 0 spiro atoms. The zero-order chi connectivity index (χ0) is 21.7. The van der Waals surface area contributed by atoms with Crippen molar-refractivity contribution in [3.8, 4) is 5.75 Å². The van der Waals surface area contributed by atoms with Gasteiger partial charge in [0.1, 0.15) is 5.75 Å². The third-order valence-corrected chi connectivity index (χ3v) is 4.71. The van der Waals surface area contributed by atoms with E-state index in [0.717, 1.165) is 11.1 Å². The average Bonchev–Trinajstić information content (AvgIpc) is 2.69. The fourth-order valence-corrected chi connectivity index (χ4v) is 3.24. The van der Waals surface area contributed by atoms with Gasteiger partial charge >= 0.3 is 0 Å². The number of carbonyl (C=O) groups excluding carboxylic acids is 2. The maximum Gasteiger partial charge on any atom is 0.255 e. The Morgan fingerprint density at radius 1 is 0.833 bits per heavy atom. The van der Waals surface area contributed by atoms with Crippen LogP contribution in [0.25, 0.3) is 0 Å². The summed E-state index contributed by atoms with van der Waals surface area (Å²) in [6, 6.07) is 17.4. The lowest BCUT2D eigenvalue weighted by Crippen LogP contribution is -2.15. The quantitative estimate of drug-likeness (QED) is 0.522. The maximum atomic E-state index is 12.7. The van der Waals surface area contributed by atoms with Gasteiger partial charge in [-0.25, -0.2) is 0 Å².